The van der Waals surface area contributed by atoms with Crippen LogP contribution in [0.3, 0.4) is 0 Å². The SMILES string of the molecule is CC(=O)Cc1cccc(-c2ccnc3[nH]cc(C(=O)c4cc(C)nn4C)c23)c1. The highest BCUT2D eigenvalue weighted by Crippen LogP contribution is 2.31. The van der Waals surface area contributed by atoms with E-state index in [1.54, 1.807) is 37.1 Å². The van der Waals surface area contributed by atoms with Crippen LogP contribution in [-0.2, 0) is 18.3 Å². The van der Waals surface area contributed by atoms with Crippen molar-refractivity contribution in [3.05, 3.63) is 71.3 Å². The molecule has 3 aromatic heterocycles. The van der Waals surface area contributed by atoms with E-state index in [-0.39, 0.29) is 11.6 Å². The van der Waals surface area contributed by atoms with Gasteiger partial charge in [0.15, 0.2) is 0 Å². The summed E-state index contributed by atoms with van der Waals surface area (Å²) in [5, 5.41) is 5.05. The van der Waals surface area contributed by atoms with Crippen LogP contribution in [0.25, 0.3) is 22.2 Å². The van der Waals surface area contributed by atoms with Gasteiger partial charge in [0.25, 0.3) is 0 Å². The van der Waals surface area contributed by atoms with Crippen LogP contribution < -0.4 is 0 Å². The smallest absolute Gasteiger partial charge is 0.213 e. The Balaban J connectivity index is 1.87. The van der Waals surface area contributed by atoms with Gasteiger partial charge in [-0.05, 0) is 42.7 Å². The molecule has 0 radical (unpaired) electrons. The van der Waals surface area contributed by atoms with E-state index in [9.17, 15) is 9.59 Å². The Hall–Kier alpha value is -3.54. The minimum Gasteiger partial charge on any atom is -0.345 e. The average Bonchev–Trinajstić information content (AvgIpc) is 3.23. The number of benzene rings is 1. The van der Waals surface area contributed by atoms with Gasteiger partial charge in [0.2, 0.25) is 5.78 Å². The molecule has 140 valence electrons. The lowest BCUT2D eigenvalue weighted by atomic mass is 9.96. The first-order chi connectivity index (χ1) is 13.4. The molecule has 0 spiro atoms. The normalized spacial score (nSPS) is 11.1. The second-order valence-corrected chi connectivity index (χ2v) is 6.99. The van der Waals surface area contributed by atoms with E-state index in [0.29, 0.717) is 23.3 Å². The molecule has 0 bridgehead atoms. The summed E-state index contributed by atoms with van der Waals surface area (Å²) in [5.74, 6) is 0.00426. The summed E-state index contributed by atoms with van der Waals surface area (Å²) < 4.78 is 1.60. The molecular weight excluding hydrogens is 352 g/mol. The highest BCUT2D eigenvalue weighted by atomic mass is 16.1. The third-order valence-corrected chi connectivity index (χ3v) is 4.74. The summed E-state index contributed by atoms with van der Waals surface area (Å²) in [7, 11) is 1.76. The first-order valence-corrected chi connectivity index (χ1v) is 9.04. The minimum absolute atomic E-state index is 0.108. The van der Waals surface area contributed by atoms with E-state index in [0.717, 1.165) is 27.8 Å². The summed E-state index contributed by atoms with van der Waals surface area (Å²) in [6.45, 7) is 3.44. The molecule has 0 unspecified atom stereocenters. The number of Topliss-reactive ketones (excluding diaryl/α,β-unsaturated/α-hetero) is 1. The van der Waals surface area contributed by atoms with Gasteiger partial charge in [0, 0.05) is 31.2 Å². The molecule has 28 heavy (non-hydrogen) atoms. The number of pyridine rings is 1. The highest BCUT2D eigenvalue weighted by Gasteiger charge is 2.21. The van der Waals surface area contributed by atoms with Gasteiger partial charge >= 0.3 is 0 Å². The van der Waals surface area contributed by atoms with E-state index in [4.69, 9.17) is 0 Å². The first-order valence-electron chi connectivity index (χ1n) is 9.04. The van der Waals surface area contributed by atoms with Crippen LogP contribution >= 0.6 is 0 Å². The van der Waals surface area contributed by atoms with Gasteiger partial charge in [0.1, 0.15) is 17.1 Å². The zero-order valence-electron chi connectivity index (χ0n) is 16.0. The molecule has 1 N–H and O–H groups in total. The Labute approximate surface area is 162 Å². The number of aryl methyl sites for hydroxylation is 2. The molecule has 0 amide bonds. The Bertz CT molecular complexity index is 1220. The molecule has 0 aliphatic carbocycles. The van der Waals surface area contributed by atoms with Crippen molar-refractivity contribution in [1.29, 1.82) is 0 Å². The fourth-order valence-corrected chi connectivity index (χ4v) is 3.57. The number of aromatic amines is 1. The zero-order chi connectivity index (χ0) is 19.8. The number of nitrogens with zero attached hydrogens (tertiary/aromatic N) is 3. The Morgan fingerprint density at radius 1 is 1.18 bits per heavy atom. The number of aromatic nitrogens is 4. The quantitative estimate of drug-likeness (QED) is 0.543. The van der Waals surface area contributed by atoms with Gasteiger partial charge in [-0.25, -0.2) is 4.98 Å². The van der Waals surface area contributed by atoms with Gasteiger partial charge in [-0.2, -0.15) is 5.10 Å². The molecule has 6 heteroatoms. The van der Waals surface area contributed by atoms with Crippen LogP contribution in [-0.4, -0.2) is 31.3 Å². The maximum atomic E-state index is 13.2. The van der Waals surface area contributed by atoms with Gasteiger partial charge in [-0.15, -0.1) is 0 Å². The molecule has 4 rings (SSSR count). The van der Waals surface area contributed by atoms with Crippen molar-refractivity contribution in [3.63, 3.8) is 0 Å². The van der Waals surface area contributed by atoms with Crippen molar-refractivity contribution < 1.29 is 9.59 Å². The van der Waals surface area contributed by atoms with Crippen molar-refractivity contribution in [2.45, 2.75) is 20.3 Å². The Morgan fingerprint density at radius 2 is 2.00 bits per heavy atom. The number of rotatable bonds is 5. The lowest BCUT2D eigenvalue weighted by Crippen LogP contribution is -2.08. The number of hydrogen-bond donors (Lipinski definition) is 1. The summed E-state index contributed by atoms with van der Waals surface area (Å²) in [5.41, 5.74) is 5.31. The number of H-pyrrole nitrogens is 1. The van der Waals surface area contributed by atoms with Gasteiger partial charge in [0.05, 0.1) is 11.3 Å². The molecule has 0 fully saturated rings. The van der Waals surface area contributed by atoms with E-state index < -0.39 is 0 Å². The third-order valence-electron chi connectivity index (χ3n) is 4.74. The van der Waals surface area contributed by atoms with Gasteiger partial charge in [-0.3, -0.25) is 14.3 Å². The molecule has 0 aliphatic rings. The predicted octanol–water partition coefficient (Wildman–Crippen LogP) is 3.63. The van der Waals surface area contributed by atoms with Crippen LogP contribution in [0, 0.1) is 6.92 Å². The topological polar surface area (TPSA) is 80.6 Å². The maximum Gasteiger partial charge on any atom is 0.213 e. The molecule has 0 aliphatic heterocycles. The predicted molar refractivity (Wildman–Crippen MR) is 107 cm³/mol. The zero-order valence-corrected chi connectivity index (χ0v) is 16.0. The van der Waals surface area contributed by atoms with Gasteiger partial charge in [-0.1, -0.05) is 24.3 Å². The molecule has 3 heterocycles. The summed E-state index contributed by atoms with van der Waals surface area (Å²) in [6, 6.07) is 11.5. The second kappa shape index (κ2) is 6.88. The molecule has 6 nitrogen and oxygen atoms in total. The first kappa shape index (κ1) is 17.9. The van der Waals surface area contributed by atoms with E-state index in [1.807, 2.05) is 37.3 Å². The van der Waals surface area contributed by atoms with Crippen molar-refractivity contribution >= 4 is 22.6 Å². The number of ketones is 2. The standard InChI is InChI=1S/C22H20N4O2/c1-13-9-19(26(3)25-13)21(28)18-12-24-22-20(18)17(7-8-23-22)16-6-4-5-15(11-16)10-14(2)27/h4-9,11-12H,10H2,1-3H3,(H,23,24). The monoisotopic (exact) mass is 372 g/mol. The van der Waals surface area contributed by atoms with Crippen molar-refractivity contribution in [2.75, 3.05) is 0 Å². The van der Waals surface area contributed by atoms with Gasteiger partial charge < -0.3 is 4.98 Å². The van der Waals surface area contributed by atoms with Crippen molar-refractivity contribution in [3.8, 4) is 11.1 Å². The Morgan fingerprint density at radius 3 is 2.71 bits per heavy atom. The number of carbonyl (C=O) groups excluding carboxylic acids is 2. The largest absolute Gasteiger partial charge is 0.345 e. The molecular formula is C22H20N4O2. The third kappa shape index (κ3) is 3.13. The van der Waals surface area contributed by atoms with Crippen molar-refractivity contribution in [2.24, 2.45) is 7.05 Å². The molecule has 4 aromatic rings. The number of carbonyl (C=O) groups is 2. The molecule has 0 saturated heterocycles. The number of fused-ring (bicyclic) bond motifs is 1. The minimum atomic E-state index is -0.108. The van der Waals surface area contributed by atoms with Crippen molar-refractivity contribution in [1.82, 2.24) is 19.7 Å². The van der Waals surface area contributed by atoms with E-state index in [2.05, 4.69) is 15.1 Å². The van der Waals surface area contributed by atoms with Crippen LogP contribution in [0.4, 0.5) is 0 Å². The second-order valence-electron chi connectivity index (χ2n) is 6.99. The number of nitrogens with one attached hydrogen (secondary N) is 1. The molecule has 0 atom stereocenters. The van der Waals surface area contributed by atoms with Crippen LogP contribution in [0.1, 0.15) is 34.2 Å². The fraction of sp³-hybridized carbons (Fsp3) is 0.182. The molecule has 0 saturated carbocycles. The van der Waals surface area contributed by atoms with Crippen LogP contribution in [0.5, 0.6) is 0 Å². The van der Waals surface area contributed by atoms with Crippen LogP contribution in [0.2, 0.25) is 0 Å². The number of hydrogen-bond acceptors (Lipinski definition) is 4. The lowest BCUT2D eigenvalue weighted by molar-refractivity contribution is -0.116. The summed E-state index contributed by atoms with van der Waals surface area (Å²) >= 11 is 0. The van der Waals surface area contributed by atoms with Crippen LogP contribution in [0.15, 0.2) is 48.8 Å². The lowest BCUT2D eigenvalue weighted by Gasteiger charge is -2.08. The average molecular weight is 372 g/mol. The van der Waals surface area contributed by atoms with E-state index >= 15 is 0 Å². The highest BCUT2D eigenvalue weighted by molar-refractivity contribution is 6.18. The maximum absolute atomic E-state index is 13.2. The van der Waals surface area contributed by atoms with E-state index in [1.165, 1.54) is 0 Å². The fourth-order valence-electron chi connectivity index (χ4n) is 3.57. The summed E-state index contributed by atoms with van der Waals surface area (Å²) in [6.07, 6.45) is 3.80. The molecule has 1 aromatic carbocycles. The Kier molecular flexibility index (Phi) is 4.39. The summed E-state index contributed by atoms with van der Waals surface area (Å²) in [4.78, 5) is 32.2.